The van der Waals surface area contributed by atoms with Gasteiger partial charge in [-0.05, 0) is 12.8 Å². The van der Waals surface area contributed by atoms with Crippen molar-refractivity contribution < 1.29 is 0 Å². The number of hydrogen-bond donors (Lipinski definition) is 1. The fourth-order valence-electron chi connectivity index (χ4n) is 2.23. The fraction of sp³-hybridized carbons (Fsp3) is 0.833. The van der Waals surface area contributed by atoms with Gasteiger partial charge in [-0.3, -0.25) is 0 Å². The summed E-state index contributed by atoms with van der Waals surface area (Å²) < 4.78 is 0. The van der Waals surface area contributed by atoms with E-state index < -0.39 is 0 Å². The van der Waals surface area contributed by atoms with Crippen molar-refractivity contribution in [2.75, 3.05) is 0 Å². The highest BCUT2D eigenvalue weighted by Crippen LogP contribution is 2.41. The molecule has 1 aromatic heterocycles. The Bertz CT molecular complexity index is 340. The zero-order valence-electron chi connectivity index (χ0n) is 10.4. The molecule has 0 amide bonds. The Kier molecular flexibility index (Phi) is 3.60. The van der Waals surface area contributed by atoms with Crippen molar-refractivity contribution in [3.05, 3.63) is 10.0 Å². The van der Waals surface area contributed by atoms with Gasteiger partial charge in [0.1, 0.15) is 10.0 Å². The Balaban J connectivity index is 2.01. The largest absolute Gasteiger partial charge is 0.308 e. The maximum atomic E-state index is 4.38. The van der Waals surface area contributed by atoms with Gasteiger partial charge in [-0.25, -0.2) is 0 Å². The number of rotatable bonds is 4. The van der Waals surface area contributed by atoms with Crippen LogP contribution in [0.15, 0.2) is 0 Å². The SMILES string of the molecule is CC(C)NCc1nnc(C2(C)CCCC2)s1. The van der Waals surface area contributed by atoms with E-state index >= 15 is 0 Å². The predicted octanol–water partition coefficient (Wildman–Crippen LogP) is 2.87. The smallest absolute Gasteiger partial charge is 0.131 e. The molecule has 4 heteroatoms. The molecule has 1 aliphatic rings. The van der Waals surface area contributed by atoms with E-state index in [4.69, 9.17) is 0 Å². The molecule has 1 saturated carbocycles. The number of nitrogens with zero attached hydrogens (tertiary/aromatic N) is 2. The highest BCUT2D eigenvalue weighted by atomic mass is 32.1. The zero-order chi connectivity index (χ0) is 11.6. The maximum Gasteiger partial charge on any atom is 0.131 e. The third-order valence-electron chi connectivity index (χ3n) is 3.35. The Labute approximate surface area is 102 Å². The first-order chi connectivity index (χ1) is 7.60. The van der Waals surface area contributed by atoms with Gasteiger partial charge in [0.2, 0.25) is 0 Å². The molecule has 0 radical (unpaired) electrons. The second kappa shape index (κ2) is 4.80. The summed E-state index contributed by atoms with van der Waals surface area (Å²) in [6, 6.07) is 0.509. The molecular weight excluding hydrogens is 218 g/mol. The monoisotopic (exact) mass is 239 g/mol. The van der Waals surface area contributed by atoms with Gasteiger partial charge in [0.05, 0.1) is 0 Å². The Morgan fingerprint density at radius 1 is 1.31 bits per heavy atom. The Morgan fingerprint density at radius 2 is 2.00 bits per heavy atom. The van der Waals surface area contributed by atoms with Crippen LogP contribution in [0.1, 0.15) is 56.5 Å². The first-order valence-electron chi connectivity index (χ1n) is 6.16. The molecule has 16 heavy (non-hydrogen) atoms. The van der Waals surface area contributed by atoms with Gasteiger partial charge < -0.3 is 5.32 Å². The molecule has 1 fully saturated rings. The van der Waals surface area contributed by atoms with Gasteiger partial charge in [0, 0.05) is 18.0 Å². The van der Waals surface area contributed by atoms with Crippen LogP contribution in [0.2, 0.25) is 0 Å². The first kappa shape index (κ1) is 12.0. The maximum absolute atomic E-state index is 4.38. The molecule has 90 valence electrons. The van der Waals surface area contributed by atoms with E-state index in [0.717, 1.165) is 11.6 Å². The van der Waals surface area contributed by atoms with Crippen molar-refractivity contribution in [1.29, 1.82) is 0 Å². The summed E-state index contributed by atoms with van der Waals surface area (Å²) in [5.41, 5.74) is 0.313. The molecule has 1 N–H and O–H groups in total. The molecule has 0 atom stereocenters. The molecule has 0 aliphatic heterocycles. The minimum Gasteiger partial charge on any atom is -0.308 e. The lowest BCUT2D eigenvalue weighted by molar-refractivity contribution is 0.483. The minimum absolute atomic E-state index is 0.313. The molecule has 0 saturated heterocycles. The molecule has 1 aliphatic carbocycles. The van der Waals surface area contributed by atoms with Crippen LogP contribution in [-0.2, 0) is 12.0 Å². The summed E-state index contributed by atoms with van der Waals surface area (Å²) in [6.45, 7) is 7.49. The topological polar surface area (TPSA) is 37.8 Å². The van der Waals surface area contributed by atoms with Crippen LogP contribution in [0.4, 0.5) is 0 Å². The number of aromatic nitrogens is 2. The van der Waals surface area contributed by atoms with Crippen molar-refractivity contribution in [1.82, 2.24) is 15.5 Å². The third-order valence-corrected chi connectivity index (χ3v) is 4.58. The summed E-state index contributed by atoms with van der Waals surface area (Å²) in [6.07, 6.45) is 5.24. The van der Waals surface area contributed by atoms with Crippen LogP contribution >= 0.6 is 11.3 Å². The van der Waals surface area contributed by atoms with Gasteiger partial charge in [-0.1, -0.05) is 44.9 Å². The van der Waals surface area contributed by atoms with E-state index in [1.54, 1.807) is 11.3 Å². The summed E-state index contributed by atoms with van der Waals surface area (Å²) in [7, 11) is 0. The van der Waals surface area contributed by atoms with Crippen LogP contribution in [0.3, 0.4) is 0 Å². The predicted molar refractivity (Wildman–Crippen MR) is 67.7 cm³/mol. The van der Waals surface area contributed by atoms with Gasteiger partial charge in [0.25, 0.3) is 0 Å². The quantitative estimate of drug-likeness (QED) is 0.878. The highest BCUT2D eigenvalue weighted by molar-refractivity contribution is 7.11. The van der Waals surface area contributed by atoms with Crippen molar-refractivity contribution in [2.24, 2.45) is 0 Å². The lowest BCUT2D eigenvalue weighted by Gasteiger charge is -2.18. The summed E-state index contributed by atoms with van der Waals surface area (Å²) in [4.78, 5) is 0. The fourth-order valence-corrected chi connectivity index (χ4v) is 3.22. The van der Waals surface area contributed by atoms with E-state index in [-0.39, 0.29) is 0 Å². The van der Waals surface area contributed by atoms with Crippen LogP contribution < -0.4 is 5.32 Å². The molecular formula is C12H21N3S. The third kappa shape index (κ3) is 2.61. The summed E-state index contributed by atoms with van der Waals surface area (Å²) in [5.74, 6) is 0. The minimum atomic E-state index is 0.313. The molecule has 2 rings (SSSR count). The Morgan fingerprint density at radius 3 is 2.62 bits per heavy atom. The van der Waals surface area contributed by atoms with Crippen LogP contribution in [0.25, 0.3) is 0 Å². The van der Waals surface area contributed by atoms with E-state index in [1.807, 2.05) is 0 Å². The number of nitrogens with one attached hydrogen (secondary N) is 1. The van der Waals surface area contributed by atoms with E-state index in [1.165, 1.54) is 30.7 Å². The van der Waals surface area contributed by atoms with Crippen molar-refractivity contribution in [3.8, 4) is 0 Å². The van der Waals surface area contributed by atoms with Gasteiger partial charge in [0.15, 0.2) is 0 Å². The molecule has 0 aromatic carbocycles. The summed E-state index contributed by atoms with van der Waals surface area (Å²) in [5, 5.41) is 14.4. The molecule has 0 unspecified atom stereocenters. The van der Waals surface area contributed by atoms with Crippen LogP contribution in [-0.4, -0.2) is 16.2 Å². The average molecular weight is 239 g/mol. The van der Waals surface area contributed by atoms with Crippen molar-refractivity contribution >= 4 is 11.3 Å². The van der Waals surface area contributed by atoms with E-state index in [0.29, 0.717) is 11.5 Å². The van der Waals surface area contributed by atoms with Crippen LogP contribution in [0, 0.1) is 0 Å². The van der Waals surface area contributed by atoms with Gasteiger partial charge >= 0.3 is 0 Å². The highest BCUT2D eigenvalue weighted by Gasteiger charge is 2.33. The Hall–Kier alpha value is -0.480. The second-order valence-electron chi connectivity index (χ2n) is 5.30. The average Bonchev–Trinajstić information content (AvgIpc) is 2.84. The second-order valence-corrected chi connectivity index (χ2v) is 6.37. The van der Waals surface area contributed by atoms with E-state index in [2.05, 4.69) is 36.3 Å². The zero-order valence-corrected chi connectivity index (χ0v) is 11.2. The van der Waals surface area contributed by atoms with E-state index in [9.17, 15) is 0 Å². The van der Waals surface area contributed by atoms with Gasteiger partial charge in [-0.2, -0.15) is 0 Å². The van der Waals surface area contributed by atoms with Gasteiger partial charge in [-0.15, -0.1) is 10.2 Å². The van der Waals surface area contributed by atoms with Crippen LogP contribution in [0.5, 0.6) is 0 Å². The lowest BCUT2D eigenvalue weighted by atomic mass is 9.90. The van der Waals surface area contributed by atoms with Crippen molar-refractivity contribution in [3.63, 3.8) is 0 Å². The lowest BCUT2D eigenvalue weighted by Crippen LogP contribution is -2.21. The van der Waals surface area contributed by atoms with Crippen molar-refractivity contribution in [2.45, 2.75) is 64.5 Å². The normalized spacial score (nSPS) is 19.5. The standard InChI is InChI=1S/C12H21N3S/c1-9(2)13-8-10-14-15-11(16-10)12(3)6-4-5-7-12/h9,13H,4-8H2,1-3H3. The molecule has 0 bridgehead atoms. The molecule has 1 heterocycles. The number of hydrogen-bond acceptors (Lipinski definition) is 4. The molecule has 0 spiro atoms. The first-order valence-corrected chi connectivity index (χ1v) is 6.98. The molecule has 1 aromatic rings. The molecule has 3 nitrogen and oxygen atoms in total. The summed E-state index contributed by atoms with van der Waals surface area (Å²) >= 11 is 1.79.